The Morgan fingerprint density at radius 1 is 0.821 bits per heavy atom. The molecule has 0 aromatic heterocycles. The van der Waals surface area contributed by atoms with Gasteiger partial charge in [0.1, 0.15) is 18.1 Å². The highest BCUT2D eigenvalue weighted by Gasteiger charge is 2.26. The number of carboxylic acids is 2. The summed E-state index contributed by atoms with van der Waals surface area (Å²) in [6.45, 7) is 0. The second-order valence-corrected chi connectivity index (χ2v) is 5.55. The number of carbonyl (C=O) groups is 6. The van der Waals surface area contributed by atoms with Gasteiger partial charge >= 0.3 is 35.8 Å². The van der Waals surface area contributed by atoms with Crippen LogP contribution in [-0.4, -0.2) is 78.2 Å². The summed E-state index contributed by atoms with van der Waals surface area (Å²) >= 11 is 0. The van der Waals surface area contributed by atoms with E-state index in [9.17, 15) is 28.8 Å². The summed E-state index contributed by atoms with van der Waals surface area (Å²) in [5.74, 6) is -7.03. The summed E-state index contributed by atoms with van der Waals surface area (Å²) in [5.41, 5.74) is 5.47. The molecule has 0 rings (SSSR count). The normalized spacial score (nSPS) is 13.7. The van der Waals surface area contributed by atoms with Gasteiger partial charge in [-0.25, -0.2) is 4.79 Å². The SMILES string of the molecule is CN[C@H](CC(=O)OC(=O)CC[C@H](N)C(=O)OC(=O)C[C@@H](NC)C(=O)O)C(=O)O. The van der Waals surface area contributed by atoms with Crippen LogP contribution < -0.4 is 16.4 Å². The Balaban J connectivity index is 4.35. The molecule has 0 radical (unpaired) electrons. The minimum Gasteiger partial charge on any atom is -0.480 e. The predicted octanol–water partition coefficient (Wildman–Crippen LogP) is -2.64. The Hall–Kier alpha value is -2.90. The molecule has 0 aliphatic heterocycles. The molecule has 0 spiro atoms. The van der Waals surface area contributed by atoms with Crippen LogP contribution in [0.3, 0.4) is 0 Å². The average molecular weight is 405 g/mol. The summed E-state index contributed by atoms with van der Waals surface area (Å²) < 4.78 is 8.81. The lowest BCUT2D eigenvalue weighted by Crippen LogP contribution is -2.39. The Bertz CT molecular complexity index is 621. The minimum absolute atomic E-state index is 0.318. The maximum Gasteiger partial charge on any atom is 0.330 e. The van der Waals surface area contributed by atoms with E-state index in [2.05, 4.69) is 20.1 Å². The molecule has 13 heteroatoms. The molecule has 0 aliphatic carbocycles. The highest BCUT2D eigenvalue weighted by Crippen LogP contribution is 2.04. The first kappa shape index (κ1) is 25.1. The number of hydrogen-bond acceptors (Lipinski definition) is 11. The molecule has 0 saturated carbocycles. The van der Waals surface area contributed by atoms with Crippen molar-refractivity contribution in [3.8, 4) is 0 Å². The van der Waals surface area contributed by atoms with Gasteiger partial charge in [-0.15, -0.1) is 0 Å². The van der Waals surface area contributed by atoms with Crippen LogP contribution in [0.4, 0.5) is 0 Å². The van der Waals surface area contributed by atoms with E-state index in [1.54, 1.807) is 0 Å². The number of likely N-dealkylation sites (N-methyl/N-ethyl adjacent to an activating group) is 2. The quantitative estimate of drug-likeness (QED) is 0.166. The number of nitrogens with two attached hydrogens (primary N) is 1. The maximum atomic E-state index is 11.7. The van der Waals surface area contributed by atoms with Crippen LogP contribution >= 0.6 is 0 Å². The molecule has 0 fully saturated rings. The highest BCUT2D eigenvalue weighted by molar-refractivity contribution is 5.91. The van der Waals surface area contributed by atoms with E-state index in [-0.39, 0.29) is 6.42 Å². The second kappa shape index (κ2) is 12.5. The third kappa shape index (κ3) is 9.70. The Labute approximate surface area is 159 Å². The van der Waals surface area contributed by atoms with Gasteiger partial charge in [-0.05, 0) is 20.5 Å². The number of carbonyl (C=O) groups excluding carboxylic acids is 4. The van der Waals surface area contributed by atoms with Crippen LogP contribution in [-0.2, 0) is 38.2 Å². The number of esters is 4. The molecule has 0 amide bonds. The standard InChI is InChI=1S/C15H23N3O10/c1-17-8(13(22)23)5-11(20)27-10(19)4-3-7(16)15(26)28-12(21)6-9(18-2)14(24)25/h7-9,17-18H,3-6,16H2,1-2H3,(H,22,23)(H,24,25)/t7-,8+,9+/m0/s1. The third-order valence-corrected chi connectivity index (χ3v) is 3.44. The number of rotatable bonds is 12. The van der Waals surface area contributed by atoms with Crippen LogP contribution in [0.2, 0.25) is 0 Å². The molecule has 158 valence electrons. The summed E-state index contributed by atoms with van der Waals surface area (Å²) in [6, 6.07) is -3.87. The molecule has 0 aliphatic rings. The van der Waals surface area contributed by atoms with Crippen LogP contribution in [0.5, 0.6) is 0 Å². The predicted molar refractivity (Wildman–Crippen MR) is 89.6 cm³/mol. The van der Waals surface area contributed by atoms with E-state index in [1.807, 2.05) is 0 Å². The fraction of sp³-hybridized carbons (Fsp3) is 0.600. The Morgan fingerprint density at radius 2 is 1.25 bits per heavy atom. The lowest BCUT2D eigenvalue weighted by Gasteiger charge is -2.13. The summed E-state index contributed by atoms with van der Waals surface area (Å²) in [4.78, 5) is 67.7. The lowest BCUT2D eigenvalue weighted by molar-refractivity contribution is -0.163. The zero-order valence-corrected chi connectivity index (χ0v) is 15.3. The van der Waals surface area contributed by atoms with Gasteiger partial charge in [0.2, 0.25) is 0 Å². The monoisotopic (exact) mass is 405 g/mol. The van der Waals surface area contributed by atoms with Gasteiger partial charge in [0.25, 0.3) is 0 Å². The number of ether oxygens (including phenoxy) is 2. The molecule has 28 heavy (non-hydrogen) atoms. The van der Waals surface area contributed by atoms with Crippen molar-refractivity contribution in [3.63, 3.8) is 0 Å². The van der Waals surface area contributed by atoms with Gasteiger partial charge in [-0.2, -0.15) is 0 Å². The average Bonchev–Trinajstić information content (AvgIpc) is 2.61. The van der Waals surface area contributed by atoms with Crippen molar-refractivity contribution in [2.45, 2.75) is 43.8 Å². The molecule has 6 N–H and O–H groups in total. The third-order valence-electron chi connectivity index (χ3n) is 3.44. The Kier molecular flexibility index (Phi) is 11.2. The molecule has 0 bridgehead atoms. The van der Waals surface area contributed by atoms with E-state index in [1.165, 1.54) is 14.1 Å². The molecule has 0 unspecified atom stereocenters. The molecule has 0 saturated heterocycles. The summed E-state index contributed by atoms with van der Waals surface area (Å²) in [5, 5.41) is 22.3. The molecule has 0 heterocycles. The number of hydrogen-bond donors (Lipinski definition) is 5. The van der Waals surface area contributed by atoms with Crippen LogP contribution in [0.15, 0.2) is 0 Å². The maximum absolute atomic E-state index is 11.7. The van der Waals surface area contributed by atoms with E-state index < -0.39 is 73.2 Å². The molecule has 3 atom stereocenters. The van der Waals surface area contributed by atoms with Crippen LogP contribution in [0.25, 0.3) is 0 Å². The van der Waals surface area contributed by atoms with Crippen molar-refractivity contribution in [3.05, 3.63) is 0 Å². The van der Waals surface area contributed by atoms with E-state index in [4.69, 9.17) is 15.9 Å². The molecular formula is C15H23N3O10. The minimum atomic E-state index is -1.39. The fourth-order valence-corrected chi connectivity index (χ4v) is 1.80. The smallest absolute Gasteiger partial charge is 0.330 e. The largest absolute Gasteiger partial charge is 0.480 e. The van der Waals surface area contributed by atoms with Crippen molar-refractivity contribution in [1.82, 2.24) is 10.6 Å². The van der Waals surface area contributed by atoms with Gasteiger partial charge < -0.3 is 36.1 Å². The van der Waals surface area contributed by atoms with E-state index in [0.717, 1.165) is 0 Å². The first-order valence-electron chi connectivity index (χ1n) is 8.05. The number of carboxylic acid groups (broad SMARTS) is 2. The van der Waals surface area contributed by atoms with Gasteiger partial charge in [0.15, 0.2) is 0 Å². The van der Waals surface area contributed by atoms with Crippen molar-refractivity contribution in [2.24, 2.45) is 5.73 Å². The molecule has 13 nitrogen and oxygen atoms in total. The van der Waals surface area contributed by atoms with Gasteiger partial charge in [-0.1, -0.05) is 0 Å². The summed E-state index contributed by atoms with van der Waals surface area (Å²) in [6.07, 6.45) is -1.99. The Morgan fingerprint density at radius 3 is 1.64 bits per heavy atom. The van der Waals surface area contributed by atoms with E-state index >= 15 is 0 Å². The van der Waals surface area contributed by atoms with Crippen molar-refractivity contribution < 1.29 is 48.5 Å². The first-order valence-corrected chi connectivity index (χ1v) is 8.05. The molecular weight excluding hydrogens is 382 g/mol. The lowest BCUT2D eigenvalue weighted by atomic mass is 10.1. The molecule has 0 aromatic rings. The van der Waals surface area contributed by atoms with Crippen LogP contribution in [0.1, 0.15) is 25.7 Å². The van der Waals surface area contributed by atoms with Crippen molar-refractivity contribution >= 4 is 35.8 Å². The number of aliphatic carboxylic acids is 2. The van der Waals surface area contributed by atoms with Gasteiger partial charge in [-0.3, -0.25) is 24.0 Å². The van der Waals surface area contributed by atoms with E-state index in [0.29, 0.717) is 0 Å². The second-order valence-electron chi connectivity index (χ2n) is 5.55. The first-order chi connectivity index (χ1) is 13.0. The van der Waals surface area contributed by atoms with Gasteiger partial charge in [0.05, 0.1) is 12.8 Å². The molecule has 0 aromatic carbocycles. The fourth-order valence-electron chi connectivity index (χ4n) is 1.80. The zero-order chi connectivity index (χ0) is 21.9. The van der Waals surface area contributed by atoms with Gasteiger partial charge in [0, 0.05) is 6.42 Å². The highest BCUT2D eigenvalue weighted by atomic mass is 16.6. The summed E-state index contributed by atoms with van der Waals surface area (Å²) in [7, 11) is 2.62. The number of nitrogens with one attached hydrogen (secondary N) is 2. The zero-order valence-electron chi connectivity index (χ0n) is 15.3. The van der Waals surface area contributed by atoms with Crippen molar-refractivity contribution in [2.75, 3.05) is 14.1 Å². The van der Waals surface area contributed by atoms with Crippen molar-refractivity contribution in [1.29, 1.82) is 0 Å². The topological polar surface area (TPSA) is 211 Å². The van der Waals surface area contributed by atoms with Crippen LogP contribution in [0, 0.1) is 0 Å².